The molecule has 0 fully saturated rings. The number of hydrogen-bond acceptors (Lipinski definition) is 7. The van der Waals surface area contributed by atoms with Crippen molar-refractivity contribution in [2.75, 3.05) is 5.32 Å². The molecule has 3 aromatic rings. The number of thiazole rings is 1. The molecular formula is C17H18N4O2S2. The summed E-state index contributed by atoms with van der Waals surface area (Å²) in [5.74, 6) is 0.397. The highest BCUT2D eigenvalue weighted by Crippen LogP contribution is 2.25. The summed E-state index contributed by atoms with van der Waals surface area (Å²) >= 11 is 2.71. The minimum Gasteiger partial charge on any atom is -0.416 e. The van der Waals surface area contributed by atoms with Gasteiger partial charge < -0.3 is 9.73 Å². The number of hydrogen-bond donors (Lipinski definition) is 1. The van der Waals surface area contributed by atoms with Gasteiger partial charge in [0, 0.05) is 4.88 Å². The van der Waals surface area contributed by atoms with Crippen molar-refractivity contribution in [2.24, 2.45) is 0 Å². The van der Waals surface area contributed by atoms with Gasteiger partial charge in [-0.15, -0.1) is 21.5 Å². The topological polar surface area (TPSA) is 80.9 Å². The largest absolute Gasteiger partial charge is 0.416 e. The van der Waals surface area contributed by atoms with Crippen LogP contribution in [0.15, 0.2) is 40.0 Å². The van der Waals surface area contributed by atoms with Gasteiger partial charge in [-0.3, -0.25) is 4.79 Å². The molecule has 0 unspecified atom stereocenters. The lowest BCUT2D eigenvalue weighted by molar-refractivity contribution is -0.115. The van der Waals surface area contributed by atoms with Crippen LogP contribution >= 0.6 is 23.1 Å². The van der Waals surface area contributed by atoms with Gasteiger partial charge in [-0.2, -0.15) is 0 Å². The van der Waals surface area contributed by atoms with Crippen LogP contribution in [0, 0.1) is 13.8 Å². The Labute approximate surface area is 154 Å². The molecule has 0 saturated carbocycles. The van der Waals surface area contributed by atoms with Crippen LogP contribution in [0.1, 0.15) is 28.9 Å². The average molecular weight is 374 g/mol. The Morgan fingerprint density at radius 1 is 1.28 bits per heavy atom. The Morgan fingerprint density at radius 2 is 2.04 bits per heavy atom. The molecule has 1 aromatic carbocycles. The lowest BCUT2D eigenvalue weighted by atomic mass is 10.2. The predicted molar refractivity (Wildman–Crippen MR) is 99.1 cm³/mol. The molecule has 0 saturated heterocycles. The maximum Gasteiger partial charge on any atom is 0.277 e. The molecule has 130 valence electrons. The Balaban J connectivity index is 1.57. The number of thioether (sulfide) groups is 1. The zero-order valence-corrected chi connectivity index (χ0v) is 15.8. The Kier molecular flexibility index (Phi) is 5.50. The molecule has 0 bridgehead atoms. The number of nitrogens with one attached hydrogen (secondary N) is 1. The Hall–Kier alpha value is -2.19. The molecule has 25 heavy (non-hydrogen) atoms. The zero-order valence-electron chi connectivity index (χ0n) is 14.1. The van der Waals surface area contributed by atoms with Gasteiger partial charge in [0.2, 0.25) is 11.8 Å². The first kappa shape index (κ1) is 17.6. The molecule has 1 amide bonds. The second-order valence-electron chi connectivity index (χ2n) is 5.53. The molecule has 8 heteroatoms. The van der Waals surface area contributed by atoms with E-state index < -0.39 is 0 Å². The van der Waals surface area contributed by atoms with Gasteiger partial charge in [0.15, 0.2) is 5.13 Å². The maximum absolute atomic E-state index is 12.3. The summed E-state index contributed by atoms with van der Waals surface area (Å²) in [5, 5.41) is 11.5. The van der Waals surface area contributed by atoms with Crippen LogP contribution in [0.4, 0.5) is 5.13 Å². The third-order valence-electron chi connectivity index (χ3n) is 3.55. The number of nitrogens with zero attached hydrogens (tertiary/aromatic N) is 3. The molecule has 0 aliphatic rings. The number of rotatable bonds is 6. The Bertz CT molecular complexity index is 841. The van der Waals surface area contributed by atoms with Crippen LogP contribution in [-0.4, -0.2) is 26.3 Å². The molecule has 2 aromatic heterocycles. The monoisotopic (exact) mass is 374 g/mol. The van der Waals surface area contributed by atoms with E-state index in [0.29, 0.717) is 22.7 Å². The van der Waals surface area contributed by atoms with E-state index in [-0.39, 0.29) is 11.2 Å². The lowest BCUT2D eigenvalue weighted by Crippen LogP contribution is -2.22. The third-order valence-corrected chi connectivity index (χ3v) is 5.47. The van der Waals surface area contributed by atoms with E-state index in [2.05, 4.69) is 20.5 Å². The van der Waals surface area contributed by atoms with E-state index in [1.165, 1.54) is 23.1 Å². The van der Waals surface area contributed by atoms with Crippen molar-refractivity contribution in [3.63, 3.8) is 0 Å². The van der Waals surface area contributed by atoms with Gasteiger partial charge >= 0.3 is 0 Å². The number of carbonyl (C=O) groups excluding carboxylic acids is 1. The van der Waals surface area contributed by atoms with Gasteiger partial charge in [-0.1, -0.05) is 42.1 Å². The first-order chi connectivity index (χ1) is 12.0. The van der Waals surface area contributed by atoms with Crippen molar-refractivity contribution in [1.29, 1.82) is 0 Å². The average Bonchev–Trinajstić information content (AvgIpc) is 3.14. The molecule has 0 radical (unpaired) electrons. The van der Waals surface area contributed by atoms with E-state index in [9.17, 15) is 4.79 Å². The van der Waals surface area contributed by atoms with Gasteiger partial charge in [0.05, 0.1) is 17.4 Å². The first-order valence-electron chi connectivity index (χ1n) is 7.79. The molecule has 2 heterocycles. The summed E-state index contributed by atoms with van der Waals surface area (Å²) in [4.78, 5) is 17.7. The standard InChI is InChI=1S/C17H18N4O2S2/c1-10-11(2)24-16(18-10)19-15(22)12(3)25-17-21-20-14(23-17)9-13-7-5-4-6-8-13/h4-8,12H,9H2,1-3H3,(H,18,19,22)/t12-/m1/s1. The minimum absolute atomic E-state index is 0.137. The lowest BCUT2D eigenvalue weighted by Gasteiger charge is -2.07. The zero-order chi connectivity index (χ0) is 17.8. The summed E-state index contributed by atoms with van der Waals surface area (Å²) in [6, 6.07) is 9.91. The Morgan fingerprint density at radius 3 is 2.72 bits per heavy atom. The summed E-state index contributed by atoms with van der Waals surface area (Å²) in [6.07, 6.45) is 0.576. The van der Waals surface area contributed by atoms with Crippen LogP contribution in [0.25, 0.3) is 0 Å². The smallest absolute Gasteiger partial charge is 0.277 e. The van der Waals surface area contributed by atoms with Gasteiger partial charge in [0.25, 0.3) is 5.22 Å². The third kappa shape index (κ3) is 4.67. The van der Waals surface area contributed by atoms with E-state index in [4.69, 9.17) is 4.42 Å². The number of amides is 1. The fourth-order valence-electron chi connectivity index (χ4n) is 2.07. The highest BCUT2D eigenvalue weighted by molar-refractivity contribution is 8.00. The molecule has 0 aliphatic carbocycles. The van der Waals surface area contributed by atoms with Crippen LogP contribution in [0.3, 0.4) is 0 Å². The highest BCUT2D eigenvalue weighted by Gasteiger charge is 2.19. The highest BCUT2D eigenvalue weighted by atomic mass is 32.2. The second kappa shape index (κ2) is 7.79. The number of benzene rings is 1. The summed E-state index contributed by atoms with van der Waals surface area (Å²) in [6.45, 7) is 5.70. The minimum atomic E-state index is -0.366. The van der Waals surface area contributed by atoms with Crippen molar-refractivity contribution in [3.05, 3.63) is 52.4 Å². The van der Waals surface area contributed by atoms with Crippen LogP contribution < -0.4 is 5.32 Å². The van der Waals surface area contributed by atoms with Crippen molar-refractivity contribution < 1.29 is 9.21 Å². The SMILES string of the molecule is Cc1nc(NC(=O)[C@@H](C)Sc2nnc(Cc3ccccc3)o2)sc1C. The van der Waals surface area contributed by atoms with Crippen molar-refractivity contribution in [3.8, 4) is 0 Å². The summed E-state index contributed by atoms with van der Waals surface area (Å²) < 4.78 is 5.63. The molecule has 1 N–H and O–H groups in total. The fraction of sp³-hybridized carbons (Fsp3) is 0.294. The fourth-order valence-corrected chi connectivity index (χ4v) is 3.58. The van der Waals surface area contributed by atoms with Crippen molar-refractivity contribution in [2.45, 2.75) is 37.7 Å². The van der Waals surface area contributed by atoms with Gasteiger partial charge in [-0.25, -0.2) is 4.98 Å². The van der Waals surface area contributed by atoms with Crippen molar-refractivity contribution >= 4 is 34.1 Å². The van der Waals surface area contributed by atoms with Gasteiger partial charge in [-0.05, 0) is 26.3 Å². The quantitative estimate of drug-likeness (QED) is 0.660. The summed E-state index contributed by atoms with van der Waals surface area (Å²) in [5.41, 5.74) is 2.03. The van der Waals surface area contributed by atoms with E-state index in [1.807, 2.05) is 44.2 Å². The summed E-state index contributed by atoms with van der Waals surface area (Å²) in [7, 11) is 0. The molecule has 0 aliphatic heterocycles. The number of carbonyl (C=O) groups is 1. The first-order valence-corrected chi connectivity index (χ1v) is 9.48. The number of aromatic nitrogens is 3. The number of aryl methyl sites for hydroxylation is 2. The predicted octanol–water partition coefficient (Wildman–Crippen LogP) is 3.85. The van der Waals surface area contributed by atoms with Crippen LogP contribution in [0.2, 0.25) is 0 Å². The van der Waals surface area contributed by atoms with Crippen LogP contribution in [-0.2, 0) is 11.2 Å². The molecule has 1 atom stereocenters. The van der Waals surface area contributed by atoms with Gasteiger partial charge in [0.1, 0.15) is 0 Å². The van der Waals surface area contributed by atoms with E-state index in [0.717, 1.165) is 16.1 Å². The molecule has 3 rings (SSSR count). The van der Waals surface area contributed by atoms with E-state index in [1.54, 1.807) is 6.92 Å². The van der Waals surface area contributed by atoms with E-state index >= 15 is 0 Å². The number of anilines is 1. The second-order valence-corrected chi connectivity index (χ2v) is 8.03. The normalized spacial score (nSPS) is 12.1. The molecular weight excluding hydrogens is 356 g/mol. The molecule has 6 nitrogen and oxygen atoms in total. The molecule has 0 spiro atoms. The van der Waals surface area contributed by atoms with Crippen molar-refractivity contribution in [1.82, 2.24) is 15.2 Å². The maximum atomic E-state index is 12.3. The van der Waals surface area contributed by atoms with Crippen LogP contribution in [0.5, 0.6) is 0 Å².